The zero-order valence-corrected chi connectivity index (χ0v) is 18.7. The van der Waals surface area contributed by atoms with E-state index in [4.69, 9.17) is 16.3 Å². The van der Waals surface area contributed by atoms with E-state index in [1.54, 1.807) is 6.07 Å². The predicted molar refractivity (Wildman–Crippen MR) is 118 cm³/mol. The molecular formula is C22H26ClN3O4S. The molecule has 7 nitrogen and oxygen atoms in total. The summed E-state index contributed by atoms with van der Waals surface area (Å²) >= 11 is 5.97. The van der Waals surface area contributed by atoms with E-state index in [9.17, 15) is 13.2 Å². The third-order valence-electron chi connectivity index (χ3n) is 5.68. The SMILES string of the molecule is O=C(Nc1cccc(COCC2CC2)c1)C1CCN(S(=O)(=O)c2cccnc2Cl)CC1. The van der Waals surface area contributed by atoms with Gasteiger partial charge in [-0.15, -0.1) is 0 Å². The number of halogens is 1. The van der Waals surface area contributed by atoms with Crippen LogP contribution in [-0.2, 0) is 26.2 Å². The maximum Gasteiger partial charge on any atom is 0.246 e. The zero-order valence-electron chi connectivity index (χ0n) is 17.2. The van der Waals surface area contributed by atoms with Crippen LogP contribution >= 0.6 is 11.6 Å². The summed E-state index contributed by atoms with van der Waals surface area (Å²) in [5, 5.41) is 2.93. The van der Waals surface area contributed by atoms with Gasteiger partial charge in [-0.1, -0.05) is 23.7 Å². The molecule has 1 aromatic heterocycles. The van der Waals surface area contributed by atoms with Gasteiger partial charge in [0.1, 0.15) is 10.0 Å². The lowest BCUT2D eigenvalue weighted by Gasteiger charge is -2.30. The summed E-state index contributed by atoms with van der Waals surface area (Å²) in [6.45, 7) is 1.86. The molecule has 4 rings (SSSR count). The lowest BCUT2D eigenvalue weighted by atomic mass is 9.97. The second-order valence-corrected chi connectivity index (χ2v) is 10.4. The van der Waals surface area contributed by atoms with Gasteiger partial charge < -0.3 is 10.1 Å². The van der Waals surface area contributed by atoms with Crippen molar-refractivity contribution in [1.82, 2.24) is 9.29 Å². The molecule has 31 heavy (non-hydrogen) atoms. The van der Waals surface area contributed by atoms with Crippen LogP contribution in [0.5, 0.6) is 0 Å². The highest BCUT2D eigenvalue weighted by molar-refractivity contribution is 7.89. The lowest BCUT2D eigenvalue weighted by molar-refractivity contribution is -0.120. The van der Waals surface area contributed by atoms with Crippen LogP contribution in [0.4, 0.5) is 5.69 Å². The van der Waals surface area contributed by atoms with Crippen molar-refractivity contribution in [3.05, 3.63) is 53.3 Å². The predicted octanol–water partition coefficient (Wildman–Crippen LogP) is 3.70. The number of rotatable bonds is 8. The first kappa shape index (κ1) is 22.2. The number of amides is 1. The molecule has 1 saturated heterocycles. The quantitative estimate of drug-likeness (QED) is 0.603. The lowest BCUT2D eigenvalue weighted by Crippen LogP contribution is -2.41. The number of anilines is 1. The Morgan fingerprint density at radius 1 is 1.16 bits per heavy atom. The van der Waals surface area contributed by atoms with Gasteiger partial charge >= 0.3 is 0 Å². The van der Waals surface area contributed by atoms with Gasteiger partial charge in [-0.25, -0.2) is 13.4 Å². The maximum absolute atomic E-state index is 12.8. The molecule has 0 spiro atoms. The van der Waals surface area contributed by atoms with Gasteiger partial charge in [0.05, 0.1) is 6.61 Å². The Morgan fingerprint density at radius 3 is 2.65 bits per heavy atom. The normalized spacial score (nSPS) is 18.1. The van der Waals surface area contributed by atoms with Crippen molar-refractivity contribution >= 4 is 33.2 Å². The number of carbonyl (C=O) groups excluding carboxylic acids is 1. The van der Waals surface area contributed by atoms with E-state index in [1.807, 2.05) is 24.3 Å². The largest absolute Gasteiger partial charge is 0.376 e. The number of sulfonamides is 1. The number of pyridine rings is 1. The minimum atomic E-state index is -3.72. The van der Waals surface area contributed by atoms with Crippen molar-refractivity contribution in [3.63, 3.8) is 0 Å². The van der Waals surface area contributed by atoms with Gasteiger partial charge in [-0.2, -0.15) is 4.31 Å². The molecule has 2 fully saturated rings. The first-order valence-corrected chi connectivity index (χ1v) is 12.3. The Balaban J connectivity index is 1.31. The fraction of sp³-hybridized carbons (Fsp3) is 0.455. The second kappa shape index (κ2) is 9.65. The molecule has 2 heterocycles. The summed E-state index contributed by atoms with van der Waals surface area (Å²) < 4.78 is 32.8. The average molecular weight is 464 g/mol. The molecule has 1 aliphatic heterocycles. The van der Waals surface area contributed by atoms with E-state index in [0.29, 0.717) is 25.4 Å². The third kappa shape index (κ3) is 5.63. The van der Waals surface area contributed by atoms with Gasteiger partial charge in [0.2, 0.25) is 15.9 Å². The molecule has 0 radical (unpaired) electrons. The van der Waals surface area contributed by atoms with Crippen LogP contribution in [0.1, 0.15) is 31.2 Å². The van der Waals surface area contributed by atoms with Crippen LogP contribution in [0.15, 0.2) is 47.5 Å². The number of nitrogens with one attached hydrogen (secondary N) is 1. The van der Waals surface area contributed by atoms with Crippen LogP contribution in [0.25, 0.3) is 0 Å². The smallest absolute Gasteiger partial charge is 0.246 e. The minimum absolute atomic E-state index is 0.000266. The number of ether oxygens (including phenoxy) is 1. The molecule has 9 heteroatoms. The highest BCUT2D eigenvalue weighted by atomic mass is 35.5. The van der Waals surface area contributed by atoms with Crippen molar-refractivity contribution in [2.45, 2.75) is 37.2 Å². The van der Waals surface area contributed by atoms with E-state index >= 15 is 0 Å². The van der Waals surface area contributed by atoms with Gasteiger partial charge in [-0.3, -0.25) is 4.79 Å². The van der Waals surface area contributed by atoms with Crippen LogP contribution < -0.4 is 5.32 Å². The molecule has 2 aliphatic rings. The summed E-state index contributed by atoms with van der Waals surface area (Å²) in [4.78, 5) is 16.6. The maximum atomic E-state index is 12.8. The van der Waals surface area contributed by atoms with E-state index in [0.717, 1.165) is 17.9 Å². The number of piperidine rings is 1. The second-order valence-electron chi connectivity index (χ2n) is 8.12. The van der Waals surface area contributed by atoms with Gasteiger partial charge in [-0.05, 0) is 61.4 Å². The molecule has 0 atom stereocenters. The van der Waals surface area contributed by atoms with Crippen LogP contribution in [-0.4, -0.2) is 43.3 Å². The molecule has 1 saturated carbocycles. The number of hydrogen-bond donors (Lipinski definition) is 1. The topological polar surface area (TPSA) is 88.6 Å². The third-order valence-corrected chi connectivity index (χ3v) is 8.02. The van der Waals surface area contributed by atoms with Crippen LogP contribution in [0.3, 0.4) is 0 Å². The highest BCUT2D eigenvalue weighted by Gasteiger charge is 2.33. The van der Waals surface area contributed by atoms with E-state index in [1.165, 1.54) is 29.4 Å². The summed E-state index contributed by atoms with van der Waals surface area (Å²) in [6, 6.07) is 10.7. The Hall–Kier alpha value is -2.00. The molecule has 1 amide bonds. The number of hydrogen-bond acceptors (Lipinski definition) is 5. The van der Waals surface area contributed by atoms with Gasteiger partial charge in [0.15, 0.2) is 0 Å². The van der Waals surface area contributed by atoms with E-state index in [2.05, 4.69) is 10.3 Å². The minimum Gasteiger partial charge on any atom is -0.376 e. The Kier molecular flexibility index (Phi) is 6.91. The van der Waals surface area contributed by atoms with Gasteiger partial charge in [0, 0.05) is 37.5 Å². The number of aromatic nitrogens is 1. The summed E-state index contributed by atoms with van der Waals surface area (Å²) in [5.74, 6) is 0.379. The number of carbonyl (C=O) groups is 1. The number of benzene rings is 1. The molecule has 166 valence electrons. The van der Waals surface area contributed by atoms with Crippen LogP contribution in [0, 0.1) is 11.8 Å². The summed E-state index contributed by atoms with van der Waals surface area (Å²) in [5.41, 5.74) is 1.75. The molecule has 1 aromatic carbocycles. The summed E-state index contributed by atoms with van der Waals surface area (Å²) in [6.07, 6.45) is 4.86. The Labute approximate surface area is 187 Å². The molecule has 2 aromatic rings. The Bertz CT molecular complexity index is 1030. The van der Waals surface area contributed by atoms with Crippen LogP contribution in [0.2, 0.25) is 5.15 Å². The summed E-state index contributed by atoms with van der Waals surface area (Å²) in [7, 11) is -3.72. The monoisotopic (exact) mass is 463 g/mol. The number of nitrogens with zero attached hydrogens (tertiary/aromatic N) is 2. The zero-order chi connectivity index (χ0) is 21.8. The van der Waals surface area contributed by atoms with Crippen molar-refractivity contribution in [3.8, 4) is 0 Å². The molecule has 0 unspecified atom stereocenters. The van der Waals surface area contributed by atoms with E-state index < -0.39 is 10.0 Å². The molecule has 0 bridgehead atoms. The molecular weight excluding hydrogens is 438 g/mol. The standard InChI is InChI=1S/C22H26ClN3O4S/c23-21-20(5-2-10-24-21)31(28,29)26-11-8-18(9-12-26)22(27)25-19-4-1-3-17(13-19)15-30-14-16-6-7-16/h1-5,10,13,16,18H,6-9,11-12,14-15H2,(H,25,27). The van der Waals surface area contributed by atoms with Crippen molar-refractivity contribution in [2.75, 3.05) is 25.0 Å². The fourth-order valence-electron chi connectivity index (χ4n) is 3.67. The average Bonchev–Trinajstić information content (AvgIpc) is 3.59. The fourth-order valence-corrected chi connectivity index (χ4v) is 5.57. The first-order chi connectivity index (χ1) is 14.9. The highest BCUT2D eigenvalue weighted by Crippen LogP contribution is 2.29. The van der Waals surface area contributed by atoms with Crippen molar-refractivity contribution < 1.29 is 17.9 Å². The van der Waals surface area contributed by atoms with Crippen molar-refractivity contribution in [2.24, 2.45) is 11.8 Å². The first-order valence-electron chi connectivity index (χ1n) is 10.5. The van der Waals surface area contributed by atoms with Gasteiger partial charge in [0.25, 0.3) is 0 Å². The molecule has 1 N–H and O–H groups in total. The Morgan fingerprint density at radius 2 is 1.94 bits per heavy atom. The van der Waals surface area contributed by atoms with Crippen molar-refractivity contribution in [1.29, 1.82) is 0 Å². The molecule has 1 aliphatic carbocycles. The van der Waals surface area contributed by atoms with E-state index in [-0.39, 0.29) is 35.0 Å².